The molecule has 0 unspecified atom stereocenters. The van der Waals surface area contributed by atoms with Crippen LogP contribution in [-0.2, 0) is 0 Å². The molecule has 0 amide bonds. The van der Waals surface area contributed by atoms with Crippen molar-refractivity contribution in [2.24, 2.45) is 0 Å². The molecular weight excluding hydrogens is 186 g/mol. The third kappa shape index (κ3) is 1.44. The average Bonchev–Trinajstić information content (AvgIpc) is 2.13. The van der Waals surface area contributed by atoms with E-state index >= 15 is 0 Å². The molecule has 1 aromatic heterocycles. The Morgan fingerprint density at radius 3 is 2.33 bits per heavy atom. The predicted octanol–water partition coefficient (Wildman–Crippen LogP) is 2.45. The van der Waals surface area contributed by atoms with Gasteiger partial charge in [-0.05, 0) is 50.5 Å². The number of nitrogen functional groups attached to an aromatic ring is 1. The van der Waals surface area contributed by atoms with E-state index in [2.05, 4.69) is 36.8 Å². The maximum absolute atomic E-state index is 5.93. The van der Waals surface area contributed by atoms with Crippen LogP contribution in [0.25, 0.3) is 10.9 Å². The van der Waals surface area contributed by atoms with Crippen molar-refractivity contribution in [2.45, 2.75) is 27.7 Å². The average molecular weight is 201 g/mol. The van der Waals surface area contributed by atoms with Gasteiger partial charge in [0.15, 0.2) is 0 Å². The van der Waals surface area contributed by atoms with Crippen LogP contribution in [0.15, 0.2) is 6.07 Å². The lowest BCUT2D eigenvalue weighted by atomic mass is 9.99. The highest BCUT2D eigenvalue weighted by atomic mass is 14.9. The Morgan fingerprint density at radius 2 is 1.67 bits per heavy atom. The molecule has 78 valence electrons. The summed E-state index contributed by atoms with van der Waals surface area (Å²) in [7, 11) is 0. The number of aromatic nitrogens is 2. The Morgan fingerprint density at radius 1 is 1.00 bits per heavy atom. The summed E-state index contributed by atoms with van der Waals surface area (Å²) in [6, 6.07) is 2.07. The lowest BCUT2D eigenvalue weighted by Crippen LogP contribution is -2.00. The van der Waals surface area contributed by atoms with Gasteiger partial charge in [0.25, 0.3) is 0 Å². The van der Waals surface area contributed by atoms with Gasteiger partial charge in [0.05, 0.1) is 5.52 Å². The molecule has 0 aliphatic heterocycles. The molecule has 0 saturated carbocycles. The van der Waals surface area contributed by atoms with E-state index in [1.165, 1.54) is 16.7 Å². The molecule has 2 rings (SSSR count). The fraction of sp³-hybridized carbons (Fsp3) is 0.333. The number of hydrogen-bond acceptors (Lipinski definition) is 3. The van der Waals surface area contributed by atoms with Crippen LogP contribution in [0.2, 0.25) is 0 Å². The van der Waals surface area contributed by atoms with Crippen molar-refractivity contribution in [2.75, 3.05) is 5.73 Å². The molecule has 0 saturated heterocycles. The number of rotatable bonds is 0. The summed E-state index contributed by atoms with van der Waals surface area (Å²) in [6.07, 6.45) is 0. The molecule has 0 fully saturated rings. The van der Waals surface area contributed by atoms with Gasteiger partial charge in [-0.15, -0.1) is 0 Å². The molecule has 1 heterocycles. The van der Waals surface area contributed by atoms with Crippen molar-refractivity contribution in [1.29, 1.82) is 0 Å². The maximum atomic E-state index is 5.93. The minimum atomic E-state index is 0.582. The molecule has 3 heteroatoms. The largest absolute Gasteiger partial charge is 0.383 e. The van der Waals surface area contributed by atoms with Crippen LogP contribution in [0, 0.1) is 27.7 Å². The zero-order chi connectivity index (χ0) is 11.2. The number of benzene rings is 1. The van der Waals surface area contributed by atoms with Gasteiger partial charge in [-0.1, -0.05) is 0 Å². The fourth-order valence-corrected chi connectivity index (χ4v) is 1.90. The van der Waals surface area contributed by atoms with Crippen LogP contribution < -0.4 is 5.73 Å². The molecule has 15 heavy (non-hydrogen) atoms. The summed E-state index contributed by atoms with van der Waals surface area (Å²) in [5.41, 5.74) is 10.6. The summed E-state index contributed by atoms with van der Waals surface area (Å²) in [5, 5.41) is 0.990. The molecule has 2 N–H and O–H groups in total. The van der Waals surface area contributed by atoms with E-state index < -0.39 is 0 Å². The van der Waals surface area contributed by atoms with Crippen molar-refractivity contribution in [1.82, 2.24) is 9.97 Å². The number of aryl methyl sites for hydroxylation is 3. The lowest BCUT2D eigenvalue weighted by molar-refractivity contribution is 1.09. The first-order chi connectivity index (χ1) is 7.00. The van der Waals surface area contributed by atoms with Crippen LogP contribution in [-0.4, -0.2) is 9.97 Å². The Labute approximate surface area is 89.4 Å². The first kappa shape index (κ1) is 9.90. The zero-order valence-corrected chi connectivity index (χ0v) is 9.55. The van der Waals surface area contributed by atoms with E-state index in [0.29, 0.717) is 5.82 Å². The molecule has 0 spiro atoms. The quantitative estimate of drug-likeness (QED) is 0.712. The molecule has 2 aromatic rings. The minimum absolute atomic E-state index is 0.582. The Hall–Kier alpha value is -1.64. The Balaban J connectivity index is 2.99. The monoisotopic (exact) mass is 201 g/mol. The third-order valence-electron chi connectivity index (χ3n) is 2.96. The summed E-state index contributed by atoms with van der Waals surface area (Å²) < 4.78 is 0. The third-order valence-corrected chi connectivity index (χ3v) is 2.96. The van der Waals surface area contributed by atoms with Gasteiger partial charge in [0, 0.05) is 5.39 Å². The Kier molecular flexibility index (Phi) is 2.11. The van der Waals surface area contributed by atoms with Crippen LogP contribution in [0.4, 0.5) is 5.82 Å². The number of nitrogens with two attached hydrogens (primary N) is 1. The molecule has 0 bridgehead atoms. The summed E-state index contributed by atoms with van der Waals surface area (Å²) in [5.74, 6) is 1.31. The number of hydrogen-bond donors (Lipinski definition) is 1. The van der Waals surface area contributed by atoms with Gasteiger partial charge in [-0.3, -0.25) is 0 Å². The topological polar surface area (TPSA) is 51.8 Å². The molecular formula is C12H15N3. The van der Waals surface area contributed by atoms with Crippen LogP contribution >= 0.6 is 0 Å². The van der Waals surface area contributed by atoms with Crippen molar-refractivity contribution >= 4 is 16.7 Å². The van der Waals surface area contributed by atoms with Crippen molar-refractivity contribution in [3.63, 3.8) is 0 Å². The highest BCUT2D eigenvalue weighted by Gasteiger charge is 2.09. The van der Waals surface area contributed by atoms with Gasteiger partial charge in [-0.25, -0.2) is 9.97 Å². The van der Waals surface area contributed by atoms with Gasteiger partial charge in [0.1, 0.15) is 11.6 Å². The normalized spacial score (nSPS) is 10.9. The molecule has 0 radical (unpaired) electrons. The van der Waals surface area contributed by atoms with Gasteiger partial charge in [-0.2, -0.15) is 0 Å². The molecule has 0 atom stereocenters. The zero-order valence-electron chi connectivity index (χ0n) is 9.55. The maximum Gasteiger partial charge on any atom is 0.135 e. The van der Waals surface area contributed by atoms with E-state index in [9.17, 15) is 0 Å². The van der Waals surface area contributed by atoms with Crippen LogP contribution in [0.5, 0.6) is 0 Å². The number of anilines is 1. The van der Waals surface area contributed by atoms with Crippen molar-refractivity contribution in [3.8, 4) is 0 Å². The van der Waals surface area contributed by atoms with E-state index in [-0.39, 0.29) is 0 Å². The summed E-state index contributed by atoms with van der Waals surface area (Å²) >= 11 is 0. The SMILES string of the molecule is Cc1nc(N)c2c(C)c(C)c(C)cc2n1. The lowest BCUT2D eigenvalue weighted by Gasteiger charge is -2.10. The van der Waals surface area contributed by atoms with Crippen molar-refractivity contribution in [3.05, 3.63) is 28.6 Å². The number of fused-ring (bicyclic) bond motifs is 1. The second-order valence-corrected chi connectivity index (χ2v) is 3.99. The Bertz CT molecular complexity index is 544. The van der Waals surface area contributed by atoms with E-state index in [1.807, 2.05) is 6.92 Å². The highest BCUT2D eigenvalue weighted by Crippen LogP contribution is 2.26. The van der Waals surface area contributed by atoms with E-state index in [0.717, 1.165) is 16.7 Å². The van der Waals surface area contributed by atoms with Crippen molar-refractivity contribution < 1.29 is 0 Å². The second-order valence-electron chi connectivity index (χ2n) is 3.99. The van der Waals surface area contributed by atoms with Gasteiger partial charge >= 0.3 is 0 Å². The molecule has 0 aliphatic carbocycles. The minimum Gasteiger partial charge on any atom is -0.383 e. The summed E-state index contributed by atoms with van der Waals surface area (Å²) in [6.45, 7) is 8.12. The fourth-order valence-electron chi connectivity index (χ4n) is 1.90. The van der Waals surface area contributed by atoms with E-state index in [4.69, 9.17) is 5.73 Å². The van der Waals surface area contributed by atoms with Gasteiger partial charge in [0.2, 0.25) is 0 Å². The van der Waals surface area contributed by atoms with Crippen LogP contribution in [0.1, 0.15) is 22.5 Å². The molecule has 3 nitrogen and oxygen atoms in total. The first-order valence-electron chi connectivity index (χ1n) is 5.01. The first-order valence-corrected chi connectivity index (χ1v) is 5.01. The smallest absolute Gasteiger partial charge is 0.135 e. The van der Waals surface area contributed by atoms with Crippen LogP contribution in [0.3, 0.4) is 0 Å². The molecule has 0 aliphatic rings. The second kappa shape index (κ2) is 3.19. The summed E-state index contributed by atoms with van der Waals surface area (Å²) in [4.78, 5) is 8.61. The number of nitrogens with zero attached hydrogens (tertiary/aromatic N) is 2. The van der Waals surface area contributed by atoms with Gasteiger partial charge < -0.3 is 5.73 Å². The standard InChI is InChI=1S/C12H15N3/c1-6-5-10-11(8(3)7(6)2)12(13)15-9(4)14-10/h5H,1-4H3,(H2,13,14,15). The van der Waals surface area contributed by atoms with E-state index in [1.54, 1.807) is 0 Å². The predicted molar refractivity (Wildman–Crippen MR) is 62.9 cm³/mol. The highest BCUT2D eigenvalue weighted by molar-refractivity contribution is 5.92. The molecule has 1 aromatic carbocycles.